The Kier molecular flexibility index (Phi) is 5.06. The second-order valence-corrected chi connectivity index (χ2v) is 9.63. The average molecular weight is 392 g/mol. The molecule has 0 unspecified atom stereocenters. The quantitative estimate of drug-likeness (QED) is 0.717. The van der Waals surface area contributed by atoms with E-state index in [1.807, 2.05) is 0 Å². The van der Waals surface area contributed by atoms with Crippen LogP contribution in [-0.2, 0) is 21.1 Å². The van der Waals surface area contributed by atoms with Crippen LogP contribution in [0.1, 0.15) is 19.4 Å². The molecule has 0 radical (unpaired) electrons. The number of hydrogen-bond acceptors (Lipinski definition) is 5. The van der Waals surface area contributed by atoms with Gasteiger partial charge in [-0.25, -0.2) is 17.8 Å². The molecule has 3 rings (SSSR count). The number of thiazole rings is 1. The minimum Gasteiger partial charge on any atom is -0.302 e. The molecule has 2 aromatic carbocycles. The fourth-order valence-electron chi connectivity index (χ4n) is 2.37. The summed E-state index contributed by atoms with van der Waals surface area (Å²) >= 11 is 1.20. The smallest absolute Gasteiger partial charge is 0.230 e. The van der Waals surface area contributed by atoms with Crippen molar-refractivity contribution in [2.24, 2.45) is 0 Å². The Morgan fingerprint density at radius 3 is 2.54 bits per heavy atom. The molecule has 0 bridgehead atoms. The number of hydrogen-bond donors (Lipinski definition) is 1. The third-order valence-electron chi connectivity index (χ3n) is 3.83. The molecular weight excluding hydrogens is 375 g/mol. The predicted octanol–water partition coefficient (Wildman–Crippen LogP) is 3.80. The highest BCUT2D eigenvalue weighted by molar-refractivity contribution is 7.92. The lowest BCUT2D eigenvalue weighted by Gasteiger charge is -2.08. The van der Waals surface area contributed by atoms with Crippen molar-refractivity contribution in [2.75, 3.05) is 5.32 Å². The molecule has 0 aliphatic carbocycles. The Bertz CT molecular complexity index is 1060. The summed E-state index contributed by atoms with van der Waals surface area (Å²) < 4.78 is 38.1. The van der Waals surface area contributed by atoms with Crippen LogP contribution in [0.3, 0.4) is 0 Å². The number of benzene rings is 2. The molecule has 3 aromatic rings. The van der Waals surface area contributed by atoms with E-state index in [0.29, 0.717) is 20.9 Å². The van der Waals surface area contributed by atoms with Crippen LogP contribution in [0, 0.1) is 5.82 Å². The van der Waals surface area contributed by atoms with Crippen molar-refractivity contribution in [1.82, 2.24) is 4.98 Å². The Balaban J connectivity index is 1.69. The normalized spacial score (nSPS) is 11.8. The summed E-state index contributed by atoms with van der Waals surface area (Å²) in [6, 6.07) is 10.5. The monoisotopic (exact) mass is 392 g/mol. The maximum atomic E-state index is 13.2. The summed E-state index contributed by atoms with van der Waals surface area (Å²) in [5.74, 6) is -0.625. The van der Waals surface area contributed by atoms with Crippen molar-refractivity contribution in [3.8, 4) is 0 Å². The van der Waals surface area contributed by atoms with Crippen molar-refractivity contribution in [3.63, 3.8) is 0 Å². The molecule has 5 nitrogen and oxygen atoms in total. The molecule has 0 saturated carbocycles. The standard InChI is InChI=1S/C18H17FN2O3S2/c1-11(2)26(23,24)14-6-3-12(4-7-14)9-17(22)21-18-20-15-8-5-13(19)10-16(15)25-18/h3-8,10-11H,9H2,1-2H3,(H,20,21,22). The van der Waals surface area contributed by atoms with E-state index in [2.05, 4.69) is 10.3 Å². The molecule has 136 valence electrons. The van der Waals surface area contributed by atoms with Gasteiger partial charge in [0, 0.05) is 0 Å². The van der Waals surface area contributed by atoms with Crippen LogP contribution in [0.2, 0.25) is 0 Å². The van der Waals surface area contributed by atoms with Crippen molar-refractivity contribution in [3.05, 3.63) is 53.8 Å². The van der Waals surface area contributed by atoms with Gasteiger partial charge >= 0.3 is 0 Å². The van der Waals surface area contributed by atoms with Gasteiger partial charge in [0.25, 0.3) is 0 Å². The number of carbonyl (C=O) groups excluding carboxylic acids is 1. The molecule has 1 aromatic heterocycles. The first-order chi connectivity index (χ1) is 12.3. The van der Waals surface area contributed by atoms with Crippen molar-refractivity contribution in [2.45, 2.75) is 30.4 Å². The van der Waals surface area contributed by atoms with Gasteiger partial charge in [-0.15, -0.1) is 0 Å². The van der Waals surface area contributed by atoms with Gasteiger partial charge in [0.15, 0.2) is 15.0 Å². The SMILES string of the molecule is CC(C)S(=O)(=O)c1ccc(CC(=O)Nc2nc3ccc(F)cc3s2)cc1. The van der Waals surface area contributed by atoms with Gasteiger partial charge in [-0.3, -0.25) is 4.79 Å². The number of nitrogens with one attached hydrogen (secondary N) is 1. The molecule has 0 aliphatic heterocycles. The predicted molar refractivity (Wildman–Crippen MR) is 101 cm³/mol. The van der Waals surface area contributed by atoms with Crippen LogP contribution in [0.4, 0.5) is 9.52 Å². The molecule has 8 heteroatoms. The van der Waals surface area contributed by atoms with Crippen LogP contribution in [0.15, 0.2) is 47.4 Å². The fraction of sp³-hybridized carbons (Fsp3) is 0.222. The molecule has 0 atom stereocenters. The highest BCUT2D eigenvalue weighted by atomic mass is 32.2. The number of anilines is 1. The number of carbonyl (C=O) groups is 1. The second kappa shape index (κ2) is 7.13. The zero-order chi connectivity index (χ0) is 18.9. The summed E-state index contributed by atoms with van der Waals surface area (Å²) in [7, 11) is -3.33. The van der Waals surface area contributed by atoms with Gasteiger partial charge in [-0.1, -0.05) is 23.5 Å². The lowest BCUT2D eigenvalue weighted by molar-refractivity contribution is -0.115. The van der Waals surface area contributed by atoms with E-state index in [4.69, 9.17) is 0 Å². The van der Waals surface area contributed by atoms with Crippen LogP contribution in [0.25, 0.3) is 10.2 Å². The number of amides is 1. The van der Waals surface area contributed by atoms with Crippen LogP contribution in [-0.4, -0.2) is 24.6 Å². The van der Waals surface area contributed by atoms with E-state index < -0.39 is 15.1 Å². The zero-order valence-electron chi connectivity index (χ0n) is 14.2. The number of nitrogens with zero attached hydrogens (tertiary/aromatic N) is 1. The van der Waals surface area contributed by atoms with Crippen LogP contribution >= 0.6 is 11.3 Å². The molecule has 0 spiro atoms. The van der Waals surface area contributed by atoms with Crippen molar-refractivity contribution in [1.29, 1.82) is 0 Å². The number of aromatic nitrogens is 1. The van der Waals surface area contributed by atoms with E-state index in [1.165, 1.54) is 35.6 Å². The summed E-state index contributed by atoms with van der Waals surface area (Å²) in [4.78, 5) is 16.7. The molecule has 0 fully saturated rings. The van der Waals surface area contributed by atoms with Crippen molar-refractivity contribution >= 4 is 42.4 Å². The van der Waals surface area contributed by atoms with Gasteiger partial charge in [0.1, 0.15) is 5.82 Å². The van der Waals surface area contributed by atoms with Crippen molar-refractivity contribution < 1.29 is 17.6 Å². The summed E-state index contributed by atoms with van der Waals surface area (Å²) in [5.41, 5.74) is 1.31. The highest BCUT2D eigenvalue weighted by Crippen LogP contribution is 2.26. The first-order valence-electron chi connectivity index (χ1n) is 7.94. The van der Waals surface area contributed by atoms with E-state index >= 15 is 0 Å². The summed E-state index contributed by atoms with van der Waals surface area (Å²) in [6.07, 6.45) is 0.0896. The summed E-state index contributed by atoms with van der Waals surface area (Å²) in [6.45, 7) is 3.25. The number of rotatable bonds is 5. The Morgan fingerprint density at radius 1 is 1.19 bits per heavy atom. The molecular formula is C18H17FN2O3S2. The van der Waals surface area contributed by atoms with E-state index in [9.17, 15) is 17.6 Å². The maximum absolute atomic E-state index is 13.2. The van der Waals surface area contributed by atoms with Crippen LogP contribution in [0.5, 0.6) is 0 Å². The first kappa shape index (κ1) is 18.5. The van der Waals surface area contributed by atoms with E-state index in [-0.39, 0.29) is 23.0 Å². The lowest BCUT2D eigenvalue weighted by Crippen LogP contribution is -2.15. The second-order valence-electron chi connectivity index (χ2n) is 6.09. The Morgan fingerprint density at radius 2 is 1.88 bits per heavy atom. The van der Waals surface area contributed by atoms with Gasteiger partial charge in [-0.05, 0) is 49.7 Å². The Hall–Kier alpha value is -2.32. The largest absolute Gasteiger partial charge is 0.302 e. The Labute approximate surface area is 154 Å². The minimum absolute atomic E-state index is 0.0896. The minimum atomic E-state index is -3.33. The van der Waals surface area contributed by atoms with Crippen LogP contribution < -0.4 is 5.32 Å². The van der Waals surface area contributed by atoms with Gasteiger partial charge in [-0.2, -0.15) is 0 Å². The molecule has 0 saturated heterocycles. The summed E-state index contributed by atoms with van der Waals surface area (Å²) in [5, 5.41) is 2.59. The fourth-order valence-corrected chi connectivity index (χ4v) is 4.34. The van der Waals surface area contributed by atoms with E-state index in [1.54, 1.807) is 32.0 Å². The van der Waals surface area contributed by atoms with Gasteiger partial charge in [0.2, 0.25) is 5.91 Å². The molecule has 26 heavy (non-hydrogen) atoms. The third kappa shape index (κ3) is 3.91. The van der Waals surface area contributed by atoms with E-state index in [0.717, 1.165) is 0 Å². The molecule has 1 N–H and O–H groups in total. The number of fused-ring (bicyclic) bond motifs is 1. The molecule has 1 heterocycles. The molecule has 0 aliphatic rings. The average Bonchev–Trinajstić information content (AvgIpc) is 2.96. The molecule has 1 amide bonds. The first-order valence-corrected chi connectivity index (χ1v) is 10.3. The maximum Gasteiger partial charge on any atom is 0.230 e. The number of halogens is 1. The number of sulfone groups is 1. The topological polar surface area (TPSA) is 76.1 Å². The zero-order valence-corrected chi connectivity index (χ0v) is 15.8. The third-order valence-corrected chi connectivity index (χ3v) is 6.94. The highest BCUT2D eigenvalue weighted by Gasteiger charge is 2.19. The van der Waals surface area contributed by atoms with Gasteiger partial charge < -0.3 is 5.32 Å². The lowest BCUT2D eigenvalue weighted by atomic mass is 10.1. The van der Waals surface area contributed by atoms with Gasteiger partial charge in [0.05, 0.1) is 26.8 Å².